The fourth-order valence-electron chi connectivity index (χ4n) is 1.86. The summed E-state index contributed by atoms with van der Waals surface area (Å²) in [7, 11) is 0. The Morgan fingerprint density at radius 1 is 0.958 bits per heavy atom. The summed E-state index contributed by atoms with van der Waals surface area (Å²) in [6, 6.07) is 13.7. The predicted octanol–water partition coefficient (Wildman–Crippen LogP) is 7.51. The molecule has 128 valence electrons. The van der Waals surface area contributed by atoms with Gasteiger partial charge in [-0.2, -0.15) is 13.2 Å². The Kier molecular flexibility index (Phi) is 8.50. The molecular formula is C19H17Br2F3. The Labute approximate surface area is 157 Å². The summed E-state index contributed by atoms with van der Waals surface area (Å²) in [6.45, 7) is 7.01. The topological polar surface area (TPSA) is 0 Å². The average molecular weight is 462 g/mol. The molecule has 5 heteroatoms. The SMILES string of the molecule is C=Cc1ccc(C(Br)CBr)cc1.C=Cc1ccccc1C(F)(F)F. The van der Waals surface area contributed by atoms with Crippen LogP contribution in [-0.2, 0) is 6.18 Å². The highest BCUT2D eigenvalue weighted by Crippen LogP contribution is 2.32. The monoisotopic (exact) mass is 460 g/mol. The maximum absolute atomic E-state index is 12.2. The lowest BCUT2D eigenvalue weighted by Gasteiger charge is -2.08. The molecule has 0 N–H and O–H groups in total. The number of halogens is 5. The van der Waals surface area contributed by atoms with E-state index in [4.69, 9.17) is 0 Å². The van der Waals surface area contributed by atoms with Crippen LogP contribution in [0.4, 0.5) is 13.2 Å². The summed E-state index contributed by atoms with van der Waals surface area (Å²) < 4.78 is 36.6. The molecule has 0 amide bonds. The van der Waals surface area contributed by atoms with Crippen LogP contribution >= 0.6 is 31.9 Å². The second-order valence-electron chi connectivity index (χ2n) is 4.78. The standard InChI is InChI=1S/C10H10Br2.C9H7F3/c1-2-8-3-5-9(6-4-8)10(12)7-11;1-2-7-5-3-4-6-8(7)9(10,11)12/h2-6,10H,1,7H2;2-6H,1H2. The Hall–Kier alpha value is -1.33. The maximum atomic E-state index is 12.2. The number of hydrogen-bond donors (Lipinski definition) is 0. The molecule has 0 bridgehead atoms. The van der Waals surface area contributed by atoms with Crippen molar-refractivity contribution in [2.75, 3.05) is 5.33 Å². The van der Waals surface area contributed by atoms with Gasteiger partial charge in [0.1, 0.15) is 0 Å². The summed E-state index contributed by atoms with van der Waals surface area (Å²) in [5, 5.41) is 0.931. The number of hydrogen-bond acceptors (Lipinski definition) is 0. The molecule has 0 heterocycles. The molecule has 0 aliphatic carbocycles. The minimum atomic E-state index is -4.29. The van der Waals surface area contributed by atoms with Gasteiger partial charge in [-0.05, 0) is 22.8 Å². The molecule has 1 atom stereocenters. The van der Waals surface area contributed by atoms with Gasteiger partial charge >= 0.3 is 6.18 Å². The van der Waals surface area contributed by atoms with Gasteiger partial charge in [-0.25, -0.2) is 0 Å². The van der Waals surface area contributed by atoms with E-state index in [0.717, 1.165) is 17.0 Å². The van der Waals surface area contributed by atoms with Crippen LogP contribution in [0.15, 0.2) is 61.7 Å². The molecule has 2 aromatic carbocycles. The summed E-state index contributed by atoms with van der Waals surface area (Å²) in [5.41, 5.74) is 1.93. The lowest BCUT2D eigenvalue weighted by molar-refractivity contribution is -0.137. The van der Waals surface area contributed by atoms with Crippen molar-refractivity contribution in [3.63, 3.8) is 0 Å². The van der Waals surface area contributed by atoms with Gasteiger partial charge in [0.25, 0.3) is 0 Å². The van der Waals surface area contributed by atoms with E-state index in [-0.39, 0.29) is 5.56 Å². The first kappa shape index (κ1) is 20.7. The molecule has 1 unspecified atom stereocenters. The molecule has 0 aliphatic rings. The second kappa shape index (κ2) is 9.84. The van der Waals surface area contributed by atoms with Crippen molar-refractivity contribution < 1.29 is 13.2 Å². The summed E-state index contributed by atoms with van der Waals surface area (Å²) in [4.78, 5) is 0.399. The van der Waals surface area contributed by atoms with Gasteiger partial charge < -0.3 is 0 Å². The third kappa shape index (κ3) is 6.29. The summed E-state index contributed by atoms with van der Waals surface area (Å²) in [5.74, 6) is 0. The van der Waals surface area contributed by atoms with Crippen molar-refractivity contribution in [3.05, 3.63) is 83.9 Å². The molecule has 0 nitrogen and oxygen atoms in total. The zero-order valence-electron chi connectivity index (χ0n) is 12.9. The van der Waals surface area contributed by atoms with Crippen molar-refractivity contribution in [1.29, 1.82) is 0 Å². The Balaban J connectivity index is 0.000000240. The number of benzene rings is 2. The van der Waals surface area contributed by atoms with E-state index in [2.05, 4.69) is 69.3 Å². The normalized spacial score (nSPS) is 11.9. The highest BCUT2D eigenvalue weighted by atomic mass is 79.9. The Bertz CT molecular complexity index is 661. The fraction of sp³-hybridized carbons (Fsp3) is 0.158. The molecule has 0 aromatic heterocycles. The van der Waals surface area contributed by atoms with Gasteiger partial charge in [0, 0.05) is 10.2 Å². The van der Waals surface area contributed by atoms with E-state index in [0.29, 0.717) is 4.83 Å². The van der Waals surface area contributed by atoms with E-state index in [9.17, 15) is 13.2 Å². The molecule has 2 rings (SSSR count). The Morgan fingerprint density at radius 2 is 1.54 bits per heavy atom. The number of rotatable bonds is 4. The molecule has 24 heavy (non-hydrogen) atoms. The zero-order valence-corrected chi connectivity index (χ0v) is 16.0. The highest BCUT2D eigenvalue weighted by Gasteiger charge is 2.31. The summed E-state index contributed by atoms with van der Waals surface area (Å²) in [6.07, 6.45) is -1.24. The van der Waals surface area contributed by atoms with Gasteiger partial charge in [-0.1, -0.05) is 99.6 Å². The quantitative estimate of drug-likeness (QED) is 0.413. The van der Waals surface area contributed by atoms with Crippen LogP contribution in [0, 0.1) is 0 Å². The van der Waals surface area contributed by atoms with Gasteiger partial charge in [-0.15, -0.1) is 0 Å². The smallest absolute Gasteiger partial charge is 0.166 e. The molecule has 2 aromatic rings. The van der Waals surface area contributed by atoms with Crippen molar-refractivity contribution in [3.8, 4) is 0 Å². The lowest BCUT2D eigenvalue weighted by atomic mass is 10.1. The van der Waals surface area contributed by atoms with E-state index < -0.39 is 11.7 Å². The highest BCUT2D eigenvalue weighted by molar-refractivity contribution is 9.12. The van der Waals surface area contributed by atoms with Crippen molar-refractivity contribution >= 4 is 44.0 Å². The molecule has 0 fully saturated rings. The van der Waals surface area contributed by atoms with Crippen LogP contribution in [0.3, 0.4) is 0 Å². The average Bonchev–Trinajstić information content (AvgIpc) is 2.61. The molecule has 0 saturated heterocycles. The van der Waals surface area contributed by atoms with Gasteiger partial charge in [0.05, 0.1) is 5.56 Å². The van der Waals surface area contributed by atoms with E-state index in [1.165, 1.54) is 23.8 Å². The van der Waals surface area contributed by atoms with E-state index >= 15 is 0 Å². The van der Waals surface area contributed by atoms with Crippen LogP contribution in [0.5, 0.6) is 0 Å². The van der Waals surface area contributed by atoms with E-state index in [1.54, 1.807) is 6.07 Å². The predicted molar refractivity (Wildman–Crippen MR) is 104 cm³/mol. The van der Waals surface area contributed by atoms with Crippen LogP contribution in [0.25, 0.3) is 12.2 Å². The minimum Gasteiger partial charge on any atom is -0.166 e. The molecule has 0 saturated carbocycles. The van der Waals surface area contributed by atoms with Crippen molar-refractivity contribution in [2.45, 2.75) is 11.0 Å². The second-order valence-corrected chi connectivity index (χ2v) is 6.53. The van der Waals surface area contributed by atoms with Gasteiger partial charge in [0.15, 0.2) is 0 Å². The van der Waals surface area contributed by atoms with Crippen LogP contribution in [-0.4, -0.2) is 5.33 Å². The third-order valence-corrected chi connectivity index (χ3v) is 5.52. The first-order valence-corrected chi connectivity index (χ1v) is 9.08. The van der Waals surface area contributed by atoms with Crippen LogP contribution in [0.2, 0.25) is 0 Å². The molecular weight excluding hydrogens is 445 g/mol. The Morgan fingerprint density at radius 3 is 1.96 bits per heavy atom. The minimum absolute atomic E-state index is 0.116. The third-order valence-electron chi connectivity index (χ3n) is 3.16. The van der Waals surface area contributed by atoms with E-state index in [1.807, 2.05) is 6.08 Å². The molecule has 0 spiro atoms. The first-order chi connectivity index (χ1) is 11.3. The fourth-order valence-corrected chi connectivity index (χ4v) is 2.54. The zero-order chi connectivity index (χ0) is 18.2. The van der Waals surface area contributed by atoms with Crippen LogP contribution in [0.1, 0.15) is 27.1 Å². The first-order valence-electron chi connectivity index (χ1n) is 7.04. The largest absolute Gasteiger partial charge is 0.416 e. The van der Waals surface area contributed by atoms with Crippen molar-refractivity contribution in [1.82, 2.24) is 0 Å². The van der Waals surface area contributed by atoms with Gasteiger partial charge in [-0.3, -0.25) is 0 Å². The molecule has 0 aliphatic heterocycles. The maximum Gasteiger partial charge on any atom is 0.416 e. The summed E-state index contributed by atoms with van der Waals surface area (Å²) >= 11 is 6.98. The number of alkyl halides is 5. The van der Waals surface area contributed by atoms with Crippen LogP contribution < -0.4 is 0 Å². The van der Waals surface area contributed by atoms with Gasteiger partial charge in [0.2, 0.25) is 0 Å². The lowest BCUT2D eigenvalue weighted by Crippen LogP contribution is -2.06. The van der Waals surface area contributed by atoms with Crippen molar-refractivity contribution in [2.24, 2.45) is 0 Å². The molecule has 0 radical (unpaired) electrons.